The second kappa shape index (κ2) is 9.91. The number of rotatable bonds is 7. The summed E-state index contributed by atoms with van der Waals surface area (Å²) < 4.78 is 19.3. The second-order valence-corrected chi connectivity index (χ2v) is 8.39. The van der Waals surface area contributed by atoms with Crippen molar-refractivity contribution in [2.75, 3.05) is 0 Å². The average molecular weight is 438 g/mol. The van der Waals surface area contributed by atoms with Crippen LogP contribution >= 0.6 is 11.6 Å². The zero-order chi connectivity index (χ0) is 22.5. The van der Waals surface area contributed by atoms with Gasteiger partial charge in [-0.1, -0.05) is 35.9 Å². The Morgan fingerprint density at radius 3 is 2.37 bits per heavy atom. The van der Waals surface area contributed by atoms with Crippen LogP contribution in [-0.2, 0) is 16.0 Å². The lowest BCUT2D eigenvalue weighted by atomic mass is 9.98. The Morgan fingerprint density at radius 1 is 1.17 bits per heavy atom. The SMILES string of the molecule is CC(C)(C)OC(=O)NC(Cc1ccc(-c2cc(Cl)ccc2F)cc1)CC(O)C(=O)O. The summed E-state index contributed by atoms with van der Waals surface area (Å²) in [6.45, 7) is 5.13. The highest BCUT2D eigenvalue weighted by molar-refractivity contribution is 6.30. The molecule has 0 fully saturated rings. The number of amides is 1. The number of aliphatic hydroxyl groups excluding tert-OH is 1. The molecular formula is C22H25ClFNO5. The first kappa shape index (κ1) is 23.6. The lowest BCUT2D eigenvalue weighted by molar-refractivity contribution is -0.147. The van der Waals surface area contributed by atoms with Gasteiger partial charge in [-0.05, 0) is 56.5 Å². The van der Waals surface area contributed by atoms with Gasteiger partial charge in [-0.3, -0.25) is 0 Å². The van der Waals surface area contributed by atoms with E-state index in [-0.39, 0.29) is 12.8 Å². The number of carboxylic acids is 1. The Balaban J connectivity index is 2.16. The predicted octanol–water partition coefficient (Wildman–Crippen LogP) is 4.42. The molecule has 0 saturated carbocycles. The van der Waals surface area contributed by atoms with Crippen LogP contribution in [0.4, 0.5) is 9.18 Å². The number of benzene rings is 2. The number of ether oxygens (including phenoxy) is 1. The summed E-state index contributed by atoms with van der Waals surface area (Å²) in [7, 11) is 0. The van der Waals surface area contributed by atoms with Gasteiger partial charge >= 0.3 is 12.1 Å². The van der Waals surface area contributed by atoms with Gasteiger partial charge in [0, 0.05) is 23.0 Å². The molecule has 2 aromatic rings. The van der Waals surface area contributed by atoms with Crippen LogP contribution in [0.25, 0.3) is 11.1 Å². The van der Waals surface area contributed by atoms with Crippen molar-refractivity contribution in [3.63, 3.8) is 0 Å². The van der Waals surface area contributed by atoms with Crippen LogP contribution in [0.2, 0.25) is 5.02 Å². The van der Waals surface area contributed by atoms with Gasteiger partial charge in [-0.2, -0.15) is 0 Å². The third-order valence-corrected chi connectivity index (χ3v) is 4.42. The molecule has 0 aliphatic heterocycles. The van der Waals surface area contributed by atoms with Crippen molar-refractivity contribution in [2.24, 2.45) is 0 Å². The summed E-state index contributed by atoms with van der Waals surface area (Å²) in [5.41, 5.74) is 1.03. The molecule has 30 heavy (non-hydrogen) atoms. The summed E-state index contributed by atoms with van der Waals surface area (Å²) in [5, 5.41) is 21.7. The Morgan fingerprint density at radius 2 is 1.80 bits per heavy atom. The van der Waals surface area contributed by atoms with Crippen molar-refractivity contribution in [1.29, 1.82) is 0 Å². The van der Waals surface area contributed by atoms with Crippen molar-refractivity contribution in [3.8, 4) is 11.1 Å². The topological polar surface area (TPSA) is 95.9 Å². The van der Waals surface area contributed by atoms with Crippen molar-refractivity contribution in [3.05, 3.63) is 58.9 Å². The predicted molar refractivity (Wildman–Crippen MR) is 112 cm³/mol. The van der Waals surface area contributed by atoms with E-state index in [0.717, 1.165) is 5.56 Å². The van der Waals surface area contributed by atoms with Gasteiger partial charge in [0.2, 0.25) is 0 Å². The van der Waals surface area contributed by atoms with Gasteiger partial charge in [-0.15, -0.1) is 0 Å². The van der Waals surface area contributed by atoms with Crippen LogP contribution in [0.3, 0.4) is 0 Å². The van der Waals surface area contributed by atoms with Crippen molar-refractivity contribution in [1.82, 2.24) is 5.32 Å². The van der Waals surface area contributed by atoms with Crippen molar-refractivity contribution < 1.29 is 28.9 Å². The number of hydrogen-bond acceptors (Lipinski definition) is 4. The number of carbonyl (C=O) groups is 2. The summed E-state index contributed by atoms with van der Waals surface area (Å²) in [4.78, 5) is 23.1. The molecule has 0 bridgehead atoms. The molecule has 0 aromatic heterocycles. The van der Waals surface area contributed by atoms with Crippen LogP contribution in [0.1, 0.15) is 32.8 Å². The number of aliphatic carboxylic acids is 1. The Bertz CT molecular complexity index is 895. The maximum atomic E-state index is 14.1. The number of halogens is 2. The number of carbonyl (C=O) groups excluding carboxylic acids is 1. The van der Waals surface area contributed by atoms with E-state index in [2.05, 4.69) is 5.32 Å². The maximum Gasteiger partial charge on any atom is 0.407 e. The van der Waals surface area contributed by atoms with Gasteiger partial charge < -0.3 is 20.3 Å². The third-order valence-electron chi connectivity index (χ3n) is 4.19. The normalized spacial score (nSPS) is 13.4. The van der Waals surface area contributed by atoms with E-state index in [0.29, 0.717) is 16.1 Å². The molecule has 1 amide bonds. The molecule has 0 radical (unpaired) electrons. The van der Waals surface area contributed by atoms with E-state index in [1.807, 2.05) is 0 Å². The monoisotopic (exact) mass is 437 g/mol. The van der Waals surface area contributed by atoms with Crippen molar-refractivity contribution in [2.45, 2.75) is 51.4 Å². The smallest absolute Gasteiger partial charge is 0.407 e. The summed E-state index contributed by atoms with van der Waals surface area (Å²) in [6.07, 6.45) is -2.28. The minimum Gasteiger partial charge on any atom is -0.479 e. The molecule has 2 aromatic carbocycles. The number of carboxylic acid groups (broad SMARTS) is 1. The van der Waals surface area contributed by atoms with E-state index < -0.39 is 35.6 Å². The highest BCUT2D eigenvalue weighted by Gasteiger charge is 2.24. The van der Waals surface area contributed by atoms with E-state index in [1.54, 1.807) is 45.0 Å². The van der Waals surface area contributed by atoms with E-state index in [9.17, 15) is 19.1 Å². The number of alkyl carbamates (subject to hydrolysis) is 1. The Hall–Kier alpha value is -2.64. The molecule has 0 aliphatic rings. The Labute approximate surface area is 179 Å². The van der Waals surface area contributed by atoms with Crippen LogP contribution in [0.15, 0.2) is 42.5 Å². The zero-order valence-corrected chi connectivity index (χ0v) is 17.7. The Kier molecular flexibility index (Phi) is 7.81. The molecule has 0 aliphatic carbocycles. The van der Waals surface area contributed by atoms with Crippen LogP contribution in [0, 0.1) is 5.82 Å². The molecule has 3 N–H and O–H groups in total. The summed E-state index contributed by atoms with van der Waals surface area (Å²) >= 11 is 5.94. The number of nitrogens with one attached hydrogen (secondary N) is 1. The standard InChI is InChI=1S/C22H25ClFNO5/c1-22(2,3)30-21(29)25-16(12-19(26)20(27)28)10-13-4-6-14(7-5-13)17-11-15(23)8-9-18(17)24/h4-9,11,16,19,26H,10,12H2,1-3H3,(H,25,29)(H,27,28). The average Bonchev–Trinajstić information content (AvgIpc) is 2.62. The molecule has 6 nitrogen and oxygen atoms in total. The molecule has 2 rings (SSSR count). The first-order valence-corrected chi connectivity index (χ1v) is 9.77. The molecule has 162 valence electrons. The number of hydrogen-bond donors (Lipinski definition) is 3. The van der Waals surface area contributed by atoms with Crippen LogP contribution < -0.4 is 5.32 Å². The van der Waals surface area contributed by atoms with Crippen LogP contribution in [-0.4, -0.2) is 40.0 Å². The molecule has 0 spiro atoms. The van der Waals surface area contributed by atoms with Gasteiger partial charge in [0.15, 0.2) is 6.10 Å². The van der Waals surface area contributed by atoms with Gasteiger partial charge in [-0.25, -0.2) is 14.0 Å². The fraction of sp³-hybridized carbons (Fsp3) is 0.364. The zero-order valence-electron chi connectivity index (χ0n) is 17.0. The molecular weight excluding hydrogens is 413 g/mol. The molecule has 0 heterocycles. The summed E-state index contributed by atoms with van der Waals surface area (Å²) in [6, 6.07) is 10.5. The first-order chi connectivity index (χ1) is 13.9. The first-order valence-electron chi connectivity index (χ1n) is 9.39. The lowest BCUT2D eigenvalue weighted by Crippen LogP contribution is -2.43. The molecule has 0 saturated heterocycles. The van der Waals surface area contributed by atoms with Gasteiger partial charge in [0.05, 0.1) is 0 Å². The highest BCUT2D eigenvalue weighted by Crippen LogP contribution is 2.26. The lowest BCUT2D eigenvalue weighted by Gasteiger charge is -2.24. The minimum absolute atomic E-state index is 0.195. The quantitative estimate of drug-likeness (QED) is 0.596. The molecule has 2 atom stereocenters. The largest absolute Gasteiger partial charge is 0.479 e. The second-order valence-electron chi connectivity index (χ2n) is 7.96. The summed E-state index contributed by atoms with van der Waals surface area (Å²) in [5.74, 6) is -1.78. The van der Waals surface area contributed by atoms with Crippen LogP contribution in [0.5, 0.6) is 0 Å². The van der Waals surface area contributed by atoms with Crippen molar-refractivity contribution >= 4 is 23.7 Å². The fourth-order valence-corrected chi connectivity index (χ4v) is 3.03. The fourth-order valence-electron chi connectivity index (χ4n) is 2.86. The van der Waals surface area contributed by atoms with E-state index in [4.69, 9.17) is 21.4 Å². The third kappa shape index (κ3) is 7.31. The van der Waals surface area contributed by atoms with Gasteiger partial charge in [0.1, 0.15) is 11.4 Å². The van der Waals surface area contributed by atoms with E-state index >= 15 is 0 Å². The number of aliphatic hydroxyl groups is 1. The molecule has 2 unspecified atom stereocenters. The highest BCUT2D eigenvalue weighted by atomic mass is 35.5. The van der Waals surface area contributed by atoms with Gasteiger partial charge in [0.25, 0.3) is 0 Å². The molecule has 8 heteroatoms. The minimum atomic E-state index is -1.63. The van der Waals surface area contributed by atoms with E-state index in [1.165, 1.54) is 18.2 Å². The maximum absolute atomic E-state index is 14.1.